The van der Waals surface area contributed by atoms with Crippen LogP contribution in [-0.2, 0) is 30.5 Å². The van der Waals surface area contributed by atoms with E-state index in [-0.39, 0.29) is 43.2 Å². The zero-order chi connectivity index (χ0) is 50.5. The molecular formula is C56H56ClF3N4O6. The van der Waals surface area contributed by atoms with Crippen LogP contribution in [0.4, 0.5) is 13.2 Å². The Bertz CT molecular complexity index is 3050. The zero-order valence-electron chi connectivity index (χ0n) is 40.3. The fraction of sp³-hybridized carbons (Fsp3) is 0.321. The molecule has 2 heterocycles. The van der Waals surface area contributed by atoms with Crippen LogP contribution in [0.15, 0.2) is 113 Å². The molecule has 2 amide bonds. The number of hydrogen-bond acceptors (Lipinski definition) is 8. The summed E-state index contributed by atoms with van der Waals surface area (Å²) in [4.78, 5) is 61.3. The highest BCUT2D eigenvalue weighted by atomic mass is 35.5. The first-order chi connectivity index (χ1) is 33.2. The molecule has 0 saturated carbocycles. The second kappa shape index (κ2) is 21.0. The maximum Gasteiger partial charge on any atom is 0.405 e. The van der Waals surface area contributed by atoms with E-state index in [0.29, 0.717) is 40.9 Å². The van der Waals surface area contributed by atoms with Gasteiger partial charge in [-0.05, 0) is 116 Å². The van der Waals surface area contributed by atoms with Gasteiger partial charge in [0.15, 0.2) is 22.8 Å². The maximum absolute atomic E-state index is 12.9. The number of nitrogens with zero attached hydrogens (tertiary/aromatic N) is 2. The van der Waals surface area contributed by atoms with Gasteiger partial charge in [0, 0.05) is 72.3 Å². The van der Waals surface area contributed by atoms with Crippen molar-refractivity contribution in [3.63, 3.8) is 0 Å². The van der Waals surface area contributed by atoms with E-state index >= 15 is 0 Å². The van der Waals surface area contributed by atoms with Crippen molar-refractivity contribution in [2.45, 2.75) is 104 Å². The lowest BCUT2D eigenvalue weighted by Gasteiger charge is -2.24. The minimum absolute atomic E-state index is 0.0483. The van der Waals surface area contributed by atoms with Gasteiger partial charge in [-0.25, -0.2) is 0 Å². The molecule has 0 aromatic heterocycles. The fourth-order valence-corrected chi connectivity index (χ4v) is 9.23. The molecule has 2 atom stereocenters. The molecule has 364 valence electrons. The van der Waals surface area contributed by atoms with Gasteiger partial charge in [0.05, 0.1) is 11.4 Å². The summed E-state index contributed by atoms with van der Waals surface area (Å²) in [6, 6.07) is 32.6. The molecule has 0 aliphatic carbocycles. The van der Waals surface area contributed by atoms with Crippen molar-refractivity contribution in [2.75, 3.05) is 13.1 Å². The van der Waals surface area contributed by atoms with Crippen LogP contribution in [0.5, 0.6) is 0 Å². The van der Waals surface area contributed by atoms with E-state index < -0.39 is 29.8 Å². The minimum Gasteiger partial charge on any atom is -0.384 e. The number of ketones is 2. The first-order valence-corrected chi connectivity index (χ1v) is 23.6. The Kier molecular flexibility index (Phi) is 15.3. The summed E-state index contributed by atoms with van der Waals surface area (Å²) in [6.07, 6.45) is -3.52. The van der Waals surface area contributed by atoms with E-state index in [1.807, 2.05) is 107 Å². The third-order valence-electron chi connectivity index (χ3n) is 13.0. The van der Waals surface area contributed by atoms with Gasteiger partial charge in [-0.1, -0.05) is 113 Å². The first kappa shape index (κ1) is 51.0. The number of amides is 2. The molecule has 2 N–H and O–H groups in total. The van der Waals surface area contributed by atoms with Crippen LogP contribution in [0.25, 0.3) is 21.5 Å². The molecule has 8 rings (SSSR count). The molecule has 0 unspecified atom stereocenters. The molecule has 0 bridgehead atoms. The van der Waals surface area contributed by atoms with Gasteiger partial charge in [0.25, 0.3) is 0 Å². The summed E-state index contributed by atoms with van der Waals surface area (Å²) in [6.45, 7) is 13.3. The number of aryl methyl sites for hydroxylation is 3. The standard InChI is InChI=1S/C29H29F3N2O3.C27H27ClN2O3/c1-17-13-20(14-18(2)19(17)3)28(4)15-25(34-37-28)23-9-10-24(22-8-6-5-7-21(22)23)26(35)11-12-27(36)33-16-29(30,31)32;1-4-29-26(32)12-11-25(31)23-10-9-22(20-7-5-6-8-21(20)23)24-16-27(3,33-30-24)18-13-17(2)14-19(28)15-18/h5-10,13-14H,11-12,15-16H2,1-4H3,(H,33,36);5-10,13-15H,4,11-12,16H2,1-3H3,(H,29,32)/t28-;27-/m00/s1. The molecular weight excluding hydrogens is 917 g/mol. The summed E-state index contributed by atoms with van der Waals surface area (Å²) in [5.74, 6) is -1.29. The van der Waals surface area contributed by atoms with Crippen molar-refractivity contribution in [2.24, 2.45) is 10.3 Å². The summed E-state index contributed by atoms with van der Waals surface area (Å²) in [5.41, 5.74) is 9.88. The van der Waals surface area contributed by atoms with Gasteiger partial charge in [-0.15, -0.1) is 0 Å². The maximum atomic E-state index is 12.9. The Balaban J connectivity index is 0.000000208. The predicted octanol–water partition coefficient (Wildman–Crippen LogP) is 12.4. The van der Waals surface area contributed by atoms with E-state index in [0.717, 1.165) is 55.4 Å². The second-order valence-electron chi connectivity index (χ2n) is 18.4. The number of carbonyl (C=O) groups excluding carboxylic acids is 4. The number of rotatable bonds is 14. The summed E-state index contributed by atoms with van der Waals surface area (Å²) < 4.78 is 36.9. The van der Waals surface area contributed by atoms with Crippen LogP contribution in [0.3, 0.4) is 0 Å². The van der Waals surface area contributed by atoms with Gasteiger partial charge >= 0.3 is 6.18 Å². The number of alkyl halides is 3. The average molecular weight is 974 g/mol. The molecule has 6 aromatic rings. The third kappa shape index (κ3) is 11.6. The predicted molar refractivity (Wildman–Crippen MR) is 269 cm³/mol. The van der Waals surface area contributed by atoms with Crippen molar-refractivity contribution in [1.29, 1.82) is 0 Å². The number of nitrogens with one attached hydrogen (secondary N) is 2. The number of benzene rings is 6. The number of oxime groups is 2. The molecule has 2 aliphatic heterocycles. The molecule has 0 spiro atoms. The van der Waals surface area contributed by atoms with Gasteiger partial charge in [0.2, 0.25) is 11.8 Å². The molecule has 0 saturated heterocycles. The Morgan fingerprint density at radius 3 is 1.50 bits per heavy atom. The summed E-state index contributed by atoms with van der Waals surface area (Å²) >= 11 is 6.28. The summed E-state index contributed by atoms with van der Waals surface area (Å²) in [7, 11) is 0. The normalized spacial score (nSPS) is 17.5. The summed E-state index contributed by atoms with van der Waals surface area (Å²) in [5, 5.41) is 17.4. The number of fused-ring (bicyclic) bond motifs is 2. The van der Waals surface area contributed by atoms with Gasteiger partial charge < -0.3 is 20.3 Å². The van der Waals surface area contributed by atoms with E-state index in [2.05, 4.69) is 54.6 Å². The number of halogens is 4. The van der Waals surface area contributed by atoms with Crippen LogP contribution in [0.2, 0.25) is 5.02 Å². The molecule has 14 heteroatoms. The van der Waals surface area contributed by atoms with Crippen LogP contribution in [0, 0.1) is 27.7 Å². The van der Waals surface area contributed by atoms with Crippen molar-refractivity contribution in [3.8, 4) is 0 Å². The number of carbonyl (C=O) groups is 4. The lowest BCUT2D eigenvalue weighted by atomic mass is 9.85. The van der Waals surface area contributed by atoms with E-state index in [1.165, 1.54) is 16.7 Å². The number of Topliss-reactive ketones (excluding diaryl/α,β-unsaturated/α-hetero) is 2. The van der Waals surface area contributed by atoms with E-state index in [9.17, 15) is 32.3 Å². The highest BCUT2D eigenvalue weighted by Crippen LogP contribution is 2.41. The lowest BCUT2D eigenvalue weighted by molar-refractivity contribution is -0.138. The Hall–Kier alpha value is -6.86. The lowest BCUT2D eigenvalue weighted by Crippen LogP contribution is -2.33. The van der Waals surface area contributed by atoms with Gasteiger partial charge in [0.1, 0.15) is 6.54 Å². The van der Waals surface area contributed by atoms with Crippen molar-refractivity contribution in [3.05, 3.63) is 164 Å². The molecule has 70 heavy (non-hydrogen) atoms. The zero-order valence-corrected chi connectivity index (χ0v) is 41.1. The SMILES string of the molecule is CCNC(=O)CCC(=O)c1ccc(C2=NO[C@](C)(c3cc(C)cc(Cl)c3)C2)c2ccccc12.Cc1cc([C@]2(C)CC(c3ccc(C(=O)CCC(=O)NCC(F)(F)F)c4ccccc34)=NO2)cc(C)c1C. The van der Waals surface area contributed by atoms with E-state index in [1.54, 1.807) is 11.4 Å². The van der Waals surface area contributed by atoms with Crippen LogP contribution >= 0.6 is 11.6 Å². The van der Waals surface area contributed by atoms with Crippen molar-refractivity contribution < 1.29 is 42.0 Å². The monoisotopic (exact) mass is 972 g/mol. The van der Waals surface area contributed by atoms with Crippen molar-refractivity contribution in [1.82, 2.24) is 10.6 Å². The fourth-order valence-electron chi connectivity index (χ4n) is 8.94. The molecule has 2 aliphatic rings. The van der Waals surface area contributed by atoms with Crippen LogP contribution in [0.1, 0.15) is 125 Å². The average Bonchev–Trinajstić information content (AvgIpc) is 3.93. The van der Waals surface area contributed by atoms with E-state index in [4.69, 9.17) is 21.3 Å². The highest BCUT2D eigenvalue weighted by Gasteiger charge is 2.39. The topological polar surface area (TPSA) is 136 Å². The third-order valence-corrected chi connectivity index (χ3v) is 13.2. The van der Waals surface area contributed by atoms with Crippen LogP contribution in [-0.4, -0.2) is 54.1 Å². The molecule has 6 aromatic carbocycles. The Morgan fingerprint density at radius 1 is 0.614 bits per heavy atom. The van der Waals surface area contributed by atoms with Gasteiger partial charge in [-0.2, -0.15) is 13.2 Å². The Labute approximate surface area is 410 Å². The highest BCUT2D eigenvalue weighted by molar-refractivity contribution is 6.30. The quantitative estimate of drug-likeness (QED) is 0.104. The molecule has 0 fully saturated rings. The number of hydrogen-bond donors (Lipinski definition) is 2. The smallest absolute Gasteiger partial charge is 0.384 e. The first-order valence-electron chi connectivity index (χ1n) is 23.3. The molecule has 0 radical (unpaired) electrons. The van der Waals surface area contributed by atoms with Gasteiger partial charge in [-0.3, -0.25) is 19.2 Å². The van der Waals surface area contributed by atoms with Crippen molar-refractivity contribution >= 4 is 68.0 Å². The molecule has 10 nitrogen and oxygen atoms in total. The van der Waals surface area contributed by atoms with Crippen LogP contribution < -0.4 is 10.6 Å². The second-order valence-corrected chi connectivity index (χ2v) is 18.9. The minimum atomic E-state index is -4.49. The Morgan fingerprint density at radius 2 is 1.06 bits per heavy atom. The largest absolute Gasteiger partial charge is 0.405 e.